The average Bonchev–Trinajstić information content (AvgIpc) is 2.49. The summed E-state index contributed by atoms with van der Waals surface area (Å²) in [5.74, 6) is 1.10. The molecule has 2 rings (SSSR count). The number of sulfone groups is 1. The van der Waals surface area contributed by atoms with Gasteiger partial charge < -0.3 is 9.47 Å². The Kier molecular flexibility index (Phi) is 5.65. The number of benzene rings is 1. The Balaban J connectivity index is 1.91. The molecule has 1 saturated carbocycles. The van der Waals surface area contributed by atoms with E-state index in [0.29, 0.717) is 16.6 Å². The second-order valence-corrected chi connectivity index (χ2v) is 7.78. The van der Waals surface area contributed by atoms with E-state index in [-0.39, 0.29) is 18.5 Å². The van der Waals surface area contributed by atoms with E-state index >= 15 is 0 Å². The highest BCUT2D eigenvalue weighted by Gasteiger charge is 2.23. The summed E-state index contributed by atoms with van der Waals surface area (Å²) in [6.45, 7) is 2.44. The molecule has 0 bridgehead atoms. The fraction of sp³-hybridized carbons (Fsp3) is 0.625. The standard InChI is InChI=1S/C16H24O4S/c1-13-6-3-4-9-16(13)20-10-11-21(17,18)15-8-5-7-14(12-15)19-2/h5,7-8,12-13,16H,3-4,6,9-11H2,1-2H3/t13-,16-/m0/s1. The van der Waals surface area contributed by atoms with Gasteiger partial charge in [-0.2, -0.15) is 0 Å². The van der Waals surface area contributed by atoms with Gasteiger partial charge in [-0.1, -0.05) is 25.8 Å². The van der Waals surface area contributed by atoms with Gasteiger partial charge in [-0.3, -0.25) is 0 Å². The van der Waals surface area contributed by atoms with E-state index in [2.05, 4.69) is 6.92 Å². The van der Waals surface area contributed by atoms with Crippen LogP contribution in [0.25, 0.3) is 0 Å². The van der Waals surface area contributed by atoms with E-state index in [1.54, 1.807) is 24.3 Å². The number of ether oxygens (including phenoxy) is 2. The summed E-state index contributed by atoms with van der Waals surface area (Å²) in [5.41, 5.74) is 0. The highest BCUT2D eigenvalue weighted by molar-refractivity contribution is 7.91. The van der Waals surface area contributed by atoms with Crippen molar-refractivity contribution in [1.29, 1.82) is 0 Å². The minimum Gasteiger partial charge on any atom is -0.497 e. The van der Waals surface area contributed by atoms with E-state index in [4.69, 9.17) is 9.47 Å². The molecule has 4 nitrogen and oxygen atoms in total. The minimum absolute atomic E-state index is 0.0172. The van der Waals surface area contributed by atoms with E-state index in [0.717, 1.165) is 6.42 Å². The monoisotopic (exact) mass is 312 g/mol. The lowest BCUT2D eigenvalue weighted by Crippen LogP contribution is -2.27. The zero-order valence-electron chi connectivity index (χ0n) is 12.7. The quantitative estimate of drug-likeness (QED) is 0.810. The maximum absolute atomic E-state index is 12.3. The molecular formula is C16H24O4S. The SMILES string of the molecule is COc1cccc(S(=O)(=O)CCO[C@H]2CCCC[C@@H]2C)c1. The molecule has 0 radical (unpaired) electrons. The third-order valence-electron chi connectivity index (χ3n) is 4.12. The van der Waals surface area contributed by atoms with E-state index in [1.807, 2.05) is 0 Å². The van der Waals surface area contributed by atoms with Gasteiger partial charge in [0.2, 0.25) is 0 Å². The summed E-state index contributed by atoms with van der Waals surface area (Å²) in [5, 5.41) is 0. The van der Waals surface area contributed by atoms with Crippen molar-refractivity contribution in [2.45, 2.75) is 43.6 Å². The van der Waals surface area contributed by atoms with E-state index in [9.17, 15) is 8.42 Å². The van der Waals surface area contributed by atoms with Crippen molar-refractivity contribution in [2.24, 2.45) is 5.92 Å². The van der Waals surface area contributed by atoms with Crippen molar-refractivity contribution in [2.75, 3.05) is 19.5 Å². The summed E-state index contributed by atoms with van der Waals surface area (Å²) in [4.78, 5) is 0.294. The molecule has 118 valence electrons. The Bertz CT molecular complexity index is 553. The Hall–Kier alpha value is -1.07. The predicted molar refractivity (Wildman–Crippen MR) is 82.4 cm³/mol. The summed E-state index contributed by atoms with van der Waals surface area (Å²) in [6.07, 6.45) is 4.85. The molecule has 2 atom stereocenters. The van der Waals surface area contributed by atoms with Crippen LogP contribution in [0.4, 0.5) is 0 Å². The molecule has 0 aromatic heterocycles. The zero-order valence-corrected chi connectivity index (χ0v) is 13.6. The summed E-state index contributed by atoms with van der Waals surface area (Å²) in [6, 6.07) is 6.58. The molecular weight excluding hydrogens is 288 g/mol. The molecule has 21 heavy (non-hydrogen) atoms. The molecule has 0 spiro atoms. The Labute approximate surface area is 127 Å². The van der Waals surface area contributed by atoms with Crippen LogP contribution in [0.2, 0.25) is 0 Å². The van der Waals surface area contributed by atoms with Crippen LogP contribution in [0.15, 0.2) is 29.2 Å². The number of rotatable bonds is 6. The molecule has 1 fully saturated rings. The number of methoxy groups -OCH3 is 1. The van der Waals surface area contributed by atoms with Crippen LogP contribution in [0, 0.1) is 5.92 Å². The van der Waals surface area contributed by atoms with Crippen LogP contribution in [-0.2, 0) is 14.6 Å². The van der Waals surface area contributed by atoms with Crippen LogP contribution in [0.5, 0.6) is 5.75 Å². The topological polar surface area (TPSA) is 52.6 Å². The first-order valence-corrected chi connectivity index (χ1v) is 9.16. The smallest absolute Gasteiger partial charge is 0.180 e. The molecule has 1 aromatic rings. The van der Waals surface area contributed by atoms with Gasteiger partial charge in [-0.25, -0.2) is 8.42 Å². The third-order valence-corrected chi connectivity index (χ3v) is 5.79. The molecule has 0 N–H and O–H groups in total. The maximum atomic E-state index is 12.3. The van der Waals surface area contributed by atoms with Crippen molar-refractivity contribution >= 4 is 9.84 Å². The first kappa shape index (κ1) is 16.3. The normalized spacial score (nSPS) is 23.0. The first-order chi connectivity index (χ1) is 10.0. The van der Waals surface area contributed by atoms with Crippen molar-refractivity contribution in [3.05, 3.63) is 24.3 Å². The fourth-order valence-corrected chi connectivity index (χ4v) is 3.88. The maximum Gasteiger partial charge on any atom is 0.180 e. The summed E-state index contributed by atoms with van der Waals surface area (Å²) in [7, 11) is -1.79. The first-order valence-electron chi connectivity index (χ1n) is 7.51. The van der Waals surface area contributed by atoms with Crippen molar-refractivity contribution in [3.8, 4) is 5.75 Å². The zero-order chi connectivity index (χ0) is 15.3. The van der Waals surface area contributed by atoms with Gasteiger partial charge in [0.05, 0.1) is 30.5 Å². The van der Waals surface area contributed by atoms with Gasteiger partial charge in [0.25, 0.3) is 0 Å². The number of hydrogen-bond donors (Lipinski definition) is 0. The van der Waals surface area contributed by atoms with E-state index < -0.39 is 9.84 Å². The molecule has 1 aliphatic rings. The molecule has 0 aliphatic heterocycles. The van der Waals surface area contributed by atoms with Crippen LogP contribution < -0.4 is 4.74 Å². The van der Waals surface area contributed by atoms with Crippen molar-refractivity contribution < 1.29 is 17.9 Å². The van der Waals surface area contributed by atoms with Gasteiger partial charge in [-0.15, -0.1) is 0 Å². The molecule has 1 aliphatic carbocycles. The molecule has 0 saturated heterocycles. The minimum atomic E-state index is -3.32. The van der Waals surface area contributed by atoms with Gasteiger partial charge in [0.1, 0.15) is 5.75 Å². The summed E-state index contributed by atoms with van der Waals surface area (Å²) < 4.78 is 35.4. The second kappa shape index (κ2) is 7.27. The largest absolute Gasteiger partial charge is 0.497 e. The van der Waals surface area contributed by atoms with Gasteiger partial charge in [-0.05, 0) is 37.0 Å². The highest BCUT2D eigenvalue weighted by Crippen LogP contribution is 2.26. The van der Waals surface area contributed by atoms with Crippen LogP contribution >= 0.6 is 0 Å². The Morgan fingerprint density at radius 2 is 2.00 bits per heavy atom. The molecule has 1 aromatic carbocycles. The lowest BCUT2D eigenvalue weighted by atomic mass is 9.88. The van der Waals surface area contributed by atoms with Gasteiger partial charge >= 0.3 is 0 Å². The second-order valence-electron chi connectivity index (χ2n) is 5.67. The number of hydrogen-bond acceptors (Lipinski definition) is 4. The molecule has 0 amide bonds. The fourth-order valence-electron chi connectivity index (χ4n) is 2.75. The van der Waals surface area contributed by atoms with Crippen LogP contribution in [0.3, 0.4) is 0 Å². The lowest BCUT2D eigenvalue weighted by Gasteiger charge is -2.28. The lowest BCUT2D eigenvalue weighted by molar-refractivity contribution is 0.00302. The van der Waals surface area contributed by atoms with Crippen molar-refractivity contribution in [3.63, 3.8) is 0 Å². The van der Waals surface area contributed by atoms with Gasteiger partial charge in [0.15, 0.2) is 9.84 Å². The molecule has 5 heteroatoms. The highest BCUT2D eigenvalue weighted by atomic mass is 32.2. The Morgan fingerprint density at radius 3 is 2.71 bits per heavy atom. The Morgan fingerprint density at radius 1 is 1.24 bits per heavy atom. The summed E-state index contributed by atoms with van der Waals surface area (Å²) >= 11 is 0. The third kappa shape index (κ3) is 4.45. The van der Waals surface area contributed by atoms with Crippen molar-refractivity contribution in [1.82, 2.24) is 0 Å². The molecule has 0 unspecified atom stereocenters. The van der Waals surface area contributed by atoms with E-state index in [1.165, 1.54) is 26.4 Å². The predicted octanol–water partition coefficient (Wildman–Crippen LogP) is 3.06. The van der Waals surface area contributed by atoms with Crippen LogP contribution in [0.1, 0.15) is 32.6 Å². The van der Waals surface area contributed by atoms with Gasteiger partial charge in [0, 0.05) is 0 Å². The average molecular weight is 312 g/mol. The molecule has 0 heterocycles. The van der Waals surface area contributed by atoms with Crippen LogP contribution in [-0.4, -0.2) is 34.0 Å².